The van der Waals surface area contributed by atoms with Crippen LogP contribution >= 0.6 is 23.1 Å². The molecule has 0 radical (unpaired) electrons. The van der Waals surface area contributed by atoms with E-state index in [1.807, 2.05) is 31.2 Å². The Bertz CT molecular complexity index is 1180. The smallest absolute Gasteiger partial charge is 0.231 e. The van der Waals surface area contributed by atoms with Crippen LogP contribution in [0.5, 0.6) is 5.75 Å². The summed E-state index contributed by atoms with van der Waals surface area (Å²) < 4.78 is 5.68. The van der Waals surface area contributed by atoms with Crippen LogP contribution in [-0.4, -0.2) is 47.2 Å². The number of ether oxygens (including phenoxy) is 1. The Balaban J connectivity index is 1.31. The molecular weight excluding hydrogens is 460 g/mol. The predicted octanol–water partition coefficient (Wildman–Crippen LogP) is 3.82. The molecule has 1 fully saturated rings. The number of hydrogen-bond donors (Lipinski definition) is 1. The minimum atomic E-state index is -0.464. The maximum absolute atomic E-state index is 12.7. The number of ketones is 1. The standard InChI is InChI=1S/C23H22N4O4S2/c1-14-5-3-4-6-18(14)27-12-16(11-20(27)29)21(30)24-22-25-26-23(33-22)32-13-19(28)15-7-9-17(31-2)10-8-15/h3-10,16H,11-13H2,1-2H3,(H,24,25,30)/t16-/m0/s1. The number of methoxy groups -OCH3 is 1. The molecule has 170 valence electrons. The Morgan fingerprint density at radius 3 is 2.67 bits per heavy atom. The number of anilines is 2. The predicted molar refractivity (Wildman–Crippen MR) is 128 cm³/mol. The fourth-order valence-corrected chi connectivity index (χ4v) is 5.15. The van der Waals surface area contributed by atoms with Gasteiger partial charge in [0.1, 0.15) is 5.75 Å². The van der Waals surface area contributed by atoms with Crippen molar-refractivity contribution in [2.24, 2.45) is 5.92 Å². The molecule has 2 aromatic carbocycles. The number of aromatic nitrogens is 2. The maximum Gasteiger partial charge on any atom is 0.231 e. The van der Waals surface area contributed by atoms with Gasteiger partial charge >= 0.3 is 0 Å². The fourth-order valence-electron chi connectivity index (χ4n) is 3.50. The van der Waals surface area contributed by atoms with E-state index >= 15 is 0 Å². The highest BCUT2D eigenvalue weighted by Gasteiger charge is 2.36. The van der Waals surface area contributed by atoms with Gasteiger partial charge in [-0.3, -0.25) is 14.4 Å². The molecule has 1 aromatic heterocycles. The minimum absolute atomic E-state index is 0.0378. The van der Waals surface area contributed by atoms with Crippen molar-refractivity contribution < 1.29 is 19.1 Å². The molecule has 4 rings (SSSR count). The van der Waals surface area contributed by atoms with Crippen LogP contribution < -0.4 is 15.0 Å². The monoisotopic (exact) mass is 482 g/mol. The number of rotatable bonds is 8. The van der Waals surface area contributed by atoms with E-state index in [1.165, 1.54) is 23.1 Å². The highest BCUT2D eigenvalue weighted by molar-refractivity contribution is 8.01. The summed E-state index contributed by atoms with van der Waals surface area (Å²) in [6.45, 7) is 2.27. The summed E-state index contributed by atoms with van der Waals surface area (Å²) in [5, 5.41) is 11.2. The highest BCUT2D eigenvalue weighted by Crippen LogP contribution is 2.30. The first-order valence-electron chi connectivity index (χ1n) is 10.2. The van der Waals surface area contributed by atoms with Gasteiger partial charge in [0.2, 0.25) is 16.9 Å². The van der Waals surface area contributed by atoms with Crippen LogP contribution in [-0.2, 0) is 9.59 Å². The number of para-hydroxylation sites is 1. The summed E-state index contributed by atoms with van der Waals surface area (Å²) in [4.78, 5) is 39.2. The molecule has 3 aromatic rings. The topological polar surface area (TPSA) is 101 Å². The minimum Gasteiger partial charge on any atom is -0.497 e. The third-order valence-corrected chi connectivity index (χ3v) is 7.25. The summed E-state index contributed by atoms with van der Waals surface area (Å²) in [6.07, 6.45) is 0.150. The van der Waals surface area contributed by atoms with Crippen LogP contribution in [0.4, 0.5) is 10.8 Å². The Kier molecular flexibility index (Phi) is 7.05. The lowest BCUT2D eigenvalue weighted by atomic mass is 10.1. The number of amides is 2. The van der Waals surface area contributed by atoms with E-state index in [0.29, 0.717) is 27.3 Å². The second-order valence-electron chi connectivity index (χ2n) is 7.49. The van der Waals surface area contributed by atoms with Gasteiger partial charge in [-0.2, -0.15) is 0 Å². The van der Waals surface area contributed by atoms with Crippen LogP contribution in [0.25, 0.3) is 0 Å². The molecule has 2 amide bonds. The molecule has 0 saturated carbocycles. The maximum atomic E-state index is 12.7. The van der Waals surface area contributed by atoms with Crippen molar-refractivity contribution in [3.05, 3.63) is 59.7 Å². The first kappa shape index (κ1) is 22.9. The number of carbonyl (C=O) groups is 3. The molecule has 1 N–H and O–H groups in total. The summed E-state index contributed by atoms with van der Waals surface area (Å²) in [5.41, 5.74) is 2.40. The molecule has 0 bridgehead atoms. The van der Waals surface area contributed by atoms with Crippen molar-refractivity contribution in [1.82, 2.24) is 10.2 Å². The van der Waals surface area contributed by atoms with E-state index in [1.54, 1.807) is 36.3 Å². The van der Waals surface area contributed by atoms with Crippen molar-refractivity contribution in [3.8, 4) is 5.75 Å². The van der Waals surface area contributed by atoms with Gasteiger partial charge in [0, 0.05) is 24.2 Å². The first-order valence-corrected chi connectivity index (χ1v) is 12.0. The Morgan fingerprint density at radius 2 is 1.94 bits per heavy atom. The Morgan fingerprint density at radius 1 is 1.18 bits per heavy atom. The van der Waals surface area contributed by atoms with Crippen molar-refractivity contribution in [2.45, 2.75) is 17.7 Å². The number of thioether (sulfide) groups is 1. The van der Waals surface area contributed by atoms with Gasteiger partial charge in [0.25, 0.3) is 0 Å². The summed E-state index contributed by atoms with van der Waals surface area (Å²) >= 11 is 2.47. The average molecular weight is 483 g/mol. The number of hydrogen-bond acceptors (Lipinski definition) is 8. The summed E-state index contributed by atoms with van der Waals surface area (Å²) in [5.74, 6) is 0.0568. The van der Waals surface area contributed by atoms with Gasteiger partial charge in [-0.05, 0) is 42.8 Å². The molecule has 0 unspecified atom stereocenters. The zero-order chi connectivity index (χ0) is 23.4. The first-order chi connectivity index (χ1) is 15.9. The number of nitrogens with one attached hydrogen (secondary N) is 1. The lowest BCUT2D eigenvalue weighted by Crippen LogP contribution is -2.28. The quantitative estimate of drug-likeness (QED) is 0.296. The number of nitrogens with zero attached hydrogens (tertiary/aromatic N) is 3. The van der Waals surface area contributed by atoms with Gasteiger partial charge in [0.15, 0.2) is 10.1 Å². The lowest BCUT2D eigenvalue weighted by molar-refractivity contribution is -0.122. The zero-order valence-electron chi connectivity index (χ0n) is 18.1. The van der Waals surface area contributed by atoms with E-state index in [0.717, 1.165) is 11.3 Å². The lowest BCUT2D eigenvalue weighted by Gasteiger charge is -2.18. The summed E-state index contributed by atoms with van der Waals surface area (Å²) in [7, 11) is 1.57. The molecule has 0 aliphatic carbocycles. The molecule has 8 nitrogen and oxygen atoms in total. The van der Waals surface area contributed by atoms with E-state index in [-0.39, 0.29) is 29.8 Å². The molecule has 1 aliphatic heterocycles. The van der Waals surface area contributed by atoms with Crippen LogP contribution in [0.15, 0.2) is 52.9 Å². The average Bonchev–Trinajstić information content (AvgIpc) is 3.44. The van der Waals surface area contributed by atoms with Crippen LogP contribution in [0.3, 0.4) is 0 Å². The molecule has 2 heterocycles. The molecule has 0 spiro atoms. The fraction of sp³-hybridized carbons (Fsp3) is 0.261. The van der Waals surface area contributed by atoms with Crippen LogP contribution in [0.1, 0.15) is 22.3 Å². The van der Waals surface area contributed by atoms with E-state index in [2.05, 4.69) is 15.5 Å². The normalized spacial score (nSPS) is 15.5. The van der Waals surface area contributed by atoms with E-state index < -0.39 is 5.92 Å². The third kappa shape index (κ3) is 5.40. The number of aryl methyl sites for hydroxylation is 1. The van der Waals surface area contributed by atoms with Gasteiger partial charge in [-0.25, -0.2) is 0 Å². The van der Waals surface area contributed by atoms with Crippen molar-refractivity contribution in [2.75, 3.05) is 29.6 Å². The molecule has 33 heavy (non-hydrogen) atoms. The molecular formula is C23H22N4O4S2. The van der Waals surface area contributed by atoms with Crippen molar-refractivity contribution in [3.63, 3.8) is 0 Å². The zero-order valence-corrected chi connectivity index (χ0v) is 19.7. The highest BCUT2D eigenvalue weighted by atomic mass is 32.2. The van der Waals surface area contributed by atoms with Gasteiger partial charge in [-0.1, -0.05) is 41.3 Å². The van der Waals surface area contributed by atoms with E-state index in [4.69, 9.17) is 4.74 Å². The van der Waals surface area contributed by atoms with Crippen molar-refractivity contribution in [1.29, 1.82) is 0 Å². The van der Waals surface area contributed by atoms with Gasteiger partial charge in [0.05, 0.1) is 18.8 Å². The number of Topliss-reactive ketones (excluding diaryl/α,β-unsaturated/α-hetero) is 1. The van der Waals surface area contributed by atoms with Crippen LogP contribution in [0, 0.1) is 12.8 Å². The molecule has 1 saturated heterocycles. The Hall–Kier alpha value is -3.24. The summed E-state index contributed by atoms with van der Waals surface area (Å²) in [6, 6.07) is 14.5. The molecule has 1 aliphatic rings. The number of carbonyl (C=O) groups excluding carboxylic acids is 3. The van der Waals surface area contributed by atoms with E-state index in [9.17, 15) is 14.4 Å². The van der Waals surface area contributed by atoms with Gasteiger partial charge in [-0.15, -0.1) is 10.2 Å². The van der Waals surface area contributed by atoms with Crippen LogP contribution in [0.2, 0.25) is 0 Å². The molecule has 1 atom stereocenters. The molecule has 10 heteroatoms. The largest absolute Gasteiger partial charge is 0.497 e. The van der Waals surface area contributed by atoms with Crippen molar-refractivity contribution >= 4 is 51.5 Å². The second kappa shape index (κ2) is 10.1. The second-order valence-corrected chi connectivity index (χ2v) is 9.69. The number of benzene rings is 2. The third-order valence-electron chi connectivity index (χ3n) is 5.28. The SMILES string of the molecule is COc1ccc(C(=O)CSc2nnc(NC(=O)[C@H]3CC(=O)N(c4ccccc4C)C3)s2)cc1. The van der Waals surface area contributed by atoms with Gasteiger partial charge < -0.3 is 15.0 Å². The Labute approximate surface area is 199 Å².